The van der Waals surface area contributed by atoms with E-state index in [4.69, 9.17) is 9.47 Å². The van der Waals surface area contributed by atoms with E-state index < -0.39 is 17.4 Å². The van der Waals surface area contributed by atoms with Gasteiger partial charge in [-0.05, 0) is 50.5 Å². The van der Waals surface area contributed by atoms with Gasteiger partial charge >= 0.3 is 5.97 Å². The van der Waals surface area contributed by atoms with Gasteiger partial charge in [-0.3, -0.25) is 4.79 Å². The predicted octanol–water partition coefficient (Wildman–Crippen LogP) is 3.08. The van der Waals surface area contributed by atoms with Gasteiger partial charge in [0.25, 0.3) is 0 Å². The lowest BCUT2D eigenvalue weighted by Gasteiger charge is -2.35. The van der Waals surface area contributed by atoms with E-state index in [0.717, 1.165) is 4.47 Å². The first-order chi connectivity index (χ1) is 12.5. The van der Waals surface area contributed by atoms with Crippen LogP contribution in [0.1, 0.15) is 26.2 Å². The Morgan fingerprint density at radius 2 is 2.04 bits per heavy atom. The molecule has 2 rings (SSSR count). The normalized spacial score (nSPS) is 19.9. The highest BCUT2D eigenvalue weighted by Gasteiger charge is 2.56. The summed E-state index contributed by atoms with van der Waals surface area (Å²) >= 11 is 3.36. The number of halogens is 1. The molecule has 26 heavy (non-hydrogen) atoms. The summed E-state index contributed by atoms with van der Waals surface area (Å²) in [6.07, 6.45) is 1.37. The van der Waals surface area contributed by atoms with E-state index in [0.29, 0.717) is 24.9 Å². The molecule has 0 aromatic heterocycles. The van der Waals surface area contributed by atoms with Crippen LogP contribution in [0, 0.1) is 5.41 Å². The maximum atomic E-state index is 12.9. The Labute approximate surface area is 160 Å². The first-order valence-corrected chi connectivity index (χ1v) is 9.05. The van der Waals surface area contributed by atoms with Gasteiger partial charge in [-0.2, -0.15) is 0 Å². The molecule has 0 saturated heterocycles. The van der Waals surface area contributed by atoms with Crippen LogP contribution in [0.5, 0.6) is 0 Å². The molecule has 0 heterocycles. The topological polar surface area (TPSA) is 81.7 Å². The summed E-state index contributed by atoms with van der Waals surface area (Å²) < 4.78 is 11.3. The fraction of sp³-hybridized carbons (Fsp3) is 0.421. The molecule has 0 bridgehead atoms. The molecular formula is C19H20BrNO5. The van der Waals surface area contributed by atoms with E-state index in [1.165, 1.54) is 7.11 Å². The molecule has 1 aromatic carbocycles. The van der Waals surface area contributed by atoms with Crippen LogP contribution < -0.4 is 5.32 Å². The molecule has 0 amide bonds. The second kappa shape index (κ2) is 8.86. The Morgan fingerprint density at radius 1 is 1.35 bits per heavy atom. The Kier molecular flexibility index (Phi) is 6.81. The smallest absolute Gasteiger partial charge is 0.319 e. The van der Waals surface area contributed by atoms with Crippen LogP contribution >= 0.6 is 15.9 Å². The molecule has 1 fully saturated rings. The number of rotatable bonds is 7. The fourth-order valence-electron chi connectivity index (χ4n) is 3.33. The zero-order valence-corrected chi connectivity index (χ0v) is 16.2. The van der Waals surface area contributed by atoms with Gasteiger partial charge in [0.05, 0.1) is 13.7 Å². The van der Waals surface area contributed by atoms with Crippen molar-refractivity contribution in [3.8, 4) is 0 Å². The van der Waals surface area contributed by atoms with Crippen LogP contribution in [-0.2, 0) is 23.9 Å². The van der Waals surface area contributed by atoms with Gasteiger partial charge in [0, 0.05) is 15.7 Å². The number of carbonyl (C=O) groups excluding carboxylic acids is 3. The van der Waals surface area contributed by atoms with Crippen molar-refractivity contribution in [1.82, 2.24) is 0 Å². The number of nitrogens with one attached hydrogen (secondary N) is 1. The predicted molar refractivity (Wildman–Crippen MR) is 99.9 cm³/mol. The van der Waals surface area contributed by atoms with Crippen molar-refractivity contribution in [2.24, 2.45) is 5.41 Å². The van der Waals surface area contributed by atoms with Crippen LogP contribution in [-0.4, -0.2) is 37.6 Å². The van der Waals surface area contributed by atoms with Crippen LogP contribution in [0.3, 0.4) is 0 Å². The van der Waals surface area contributed by atoms with Crippen molar-refractivity contribution in [2.45, 2.75) is 32.2 Å². The monoisotopic (exact) mass is 421 g/mol. The highest BCUT2D eigenvalue weighted by Crippen LogP contribution is 2.48. The lowest BCUT2D eigenvalue weighted by atomic mass is 9.74. The molecule has 7 heteroatoms. The first-order valence-electron chi connectivity index (χ1n) is 8.26. The average molecular weight is 422 g/mol. The maximum absolute atomic E-state index is 12.9. The number of benzene rings is 1. The van der Waals surface area contributed by atoms with Crippen LogP contribution in [0.2, 0.25) is 0 Å². The minimum atomic E-state index is -1.35. The summed E-state index contributed by atoms with van der Waals surface area (Å²) in [5, 5.41) is 3.15. The number of hydrogen-bond donors (Lipinski definition) is 1. The van der Waals surface area contributed by atoms with E-state index in [1.54, 1.807) is 25.0 Å². The molecule has 2 unspecified atom stereocenters. The Balaban J connectivity index is 2.58. The van der Waals surface area contributed by atoms with Gasteiger partial charge in [-0.25, -0.2) is 9.59 Å². The van der Waals surface area contributed by atoms with Gasteiger partial charge in [-0.15, -0.1) is 0 Å². The van der Waals surface area contributed by atoms with Gasteiger partial charge < -0.3 is 14.8 Å². The SMILES string of the molecule is CCOC(=O)C1(C(Nc2ccc(Br)cc2)C(=C=O)OC)CCCC1=C=O. The van der Waals surface area contributed by atoms with Crippen molar-refractivity contribution in [1.29, 1.82) is 0 Å². The molecule has 1 aliphatic rings. The third-order valence-corrected chi connectivity index (χ3v) is 5.06. The summed E-state index contributed by atoms with van der Waals surface area (Å²) in [4.78, 5) is 36.0. The average Bonchev–Trinajstić information content (AvgIpc) is 3.08. The number of esters is 1. The lowest BCUT2D eigenvalue weighted by Crippen LogP contribution is -2.48. The standard InChI is InChI=1S/C19H20BrNO5/c1-3-26-18(24)19(10-4-5-13(19)11-22)17(16(12-23)25-2)21-15-8-6-14(20)7-9-15/h6-9,17,21H,3-5,10H2,1-2H3. The van der Waals surface area contributed by atoms with Crippen LogP contribution in [0.15, 0.2) is 40.1 Å². The van der Waals surface area contributed by atoms with Crippen molar-refractivity contribution < 1.29 is 23.9 Å². The van der Waals surface area contributed by atoms with E-state index in [2.05, 4.69) is 21.2 Å². The third-order valence-electron chi connectivity index (χ3n) is 4.53. The minimum absolute atomic E-state index is 0.101. The Hall–Kier alpha value is -2.33. The zero-order valence-electron chi connectivity index (χ0n) is 14.6. The van der Waals surface area contributed by atoms with Crippen molar-refractivity contribution in [2.75, 3.05) is 19.0 Å². The lowest BCUT2D eigenvalue weighted by molar-refractivity contribution is -0.153. The highest BCUT2D eigenvalue weighted by molar-refractivity contribution is 9.10. The number of hydrogen-bond acceptors (Lipinski definition) is 6. The van der Waals surface area contributed by atoms with Gasteiger partial charge in [0.1, 0.15) is 17.4 Å². The molecule has 0 radical (unpaired) electrons. The second-order valence-corrected chi connectivity index (χ2v) is 6.80. The quantitative estimate of drug-likeness (QED) is 0.413. The second-order valence-electron chi connectivity index (χ2n) is 5.88. The number of ether oxygens (including phenoxy) is 2. The summed E-state index contributed by atoms with van der Waals surface area (Å²) in [5.41, 5.74) is -0.424. The largest absolute Gasteiger partial charge is 0.488 e. The molecule has 1 aliphatic carbocycles. The molecule has 0 spiro atoms. The van der Waals surface area contributed by atoms with E-state index in [1.807, 2.05) is 18.1 Å². The summed E-state index contributed by atoms with van der Waals surface area (Å²) in [6, 6.07) is 6.28. The molecule has 2 atom stereocenters. The summed E-state index contributed by atoms with van der Waals surface area (Å²) in [7, 11) is 1.33. The van der Waals surface area contributed by atoms with Gasteiger partial charge in [-0.1, -0.05) is 15.9 Å². The van der Waals surface area contributed by atoms with Crippen LogP contribution in [0.4, 0.5) is 5.69 Å². The molecule has 138 valence electrons. The third kappa shape index (κ3) is 3.75. The molecule has 1 saturated carbocycles. The van der Waals surface area contributed by atoms with E-state index in [-0.39, 0.29) is 17.9 Å². The van der Waals surface area contributed by atoms with Crippen molar-refractivity contribution in [3.05, 3.63) is 40.1 Å². The van der Waals surface area contributed by atoms with Gasteiger partial charge in [0.15, 0.2) is 5.94 Å². The molecule has 0 aliphatic heterocycles. The molecule has 1 N–H and O–H groups in total. The molecule has 1 aromatic rings. The number of anilines is 1. The summed E-state index contributed by atoms with van der Waals surface area (Å²) in [6.45, 7) is 1.85. The van der Waals surface area contributed by atoms with Crippen molar-refractivity contribution in [3.63, 3.8) is 0 Å². The van der Waals surface area contributed by atoms with E-state index >= 15 is 0 Å². The van der Waals surface area contributed by atoms with E-state index in [9.17, 15) is 14.4 Å². The Morgan fingerprint density at radius 3 is 2.58 bits per heavy atom. The highest BCUT2D eigenvalue weighted by atomic mass is 79.9. The number of carbonyl (C=O) groups is 1. The maximum Gasteiger partial charge on any atom is 0.319 e. The minimum Gasteiger partial charge on any atom is -0.488 e. The summed E-state index contributed by atoms with van der Waals surface area (Å²) in [5.74, 6) is 2.97. The zero-order chi connectivity index (χ0) is 19.2. The first kappa shape index (κ1) is 20.0. The van der Waals surface area contributed by atoms with Crippen molar-refractivity contribution >= 4 is 39.5 Å². The number of methoxy groups -OCH3 is 1. The molecule has 6 nitrogen and oxygen atoms in total. The molecular weight excluding hydrogens is 402 g/mol. The van der Waals surface area contributed by atoms with Gasteiger partial charge in [0.2, 0.25) is 5.76 Å². The van der Waals surface area contributed by atoms with Crippen LogP contribution in [0.25, 0.3) is 0 Å². The Bertz CT molecular complexity index is 763. The fourth-order valence-corrected chi connectivity index (χ4v) is 3.59.